The molecule has 1 atom stereocenters. The second kappa shape index (κ2) is 5.58. The van der Waals surface area contributed by atoms with Crippen LogP contribution in [0.3, 0.4) is 0 Å². The predicted octanol–water partition coefficient (Wildman–Crippen LogP) is 0.145. The molecule has 10 heavy (non-hydrogen) atoms. The van der Waals surface area contributed by atoms with Gasteiger partial charge in [-0.2, -0.15) is 11.8 Å². The van der Waals surface area contributed by atoms with E-state index in [1.54, 1.807) is 0 Å². The first-order valence-corrected chi connectivity index (χ1v) is 4.05. The molecule has 3 nitrogen and oxygen atoms in total. The van der Waals surface area contributed by atoms with E-state index in [1.807, 2.05) is 0 Å². The highest BCUT2D eigenvalue weighted by molar-refractivity contribution is 7.99. The highest BCUT2D eigenvalue weighted by atomic mass is 32.2. The molecule has 0 aromatic rings. The Morgan fingerprint density at radius 1 is 1.60 bits per heavy atom. The Hall–Kier alpha value is -0.190. The van der Waals surface area contributed by atoms with Gasteiger partial charge in [0, 0.05) is 5.75 Å². The summed E-state index contributed by atoms with van der Waals surface area (Å²) in [5.41, 5.74) is 0. The Morgan fingerprint density at radius 3 is 2.60 bits per heavy atom. The summed E-state index contributed by atoms with van der Waals surface area (Å²) in [4.78, 5) is 0. The van der Waals surface area contributed by atoms with Gasteiger partial charge in [0.05, 0.1) is 24.2 Å². The molecule has 0 bridgehead atoms. The second-order valence-corrected chi connectivity index (χ2v) is 2.95. The molecule has 0 saturated carbocycles. The zero-order valence-corrected chi connectivity index (χ0v) is 6.47. The van der Waals surface area contributed by atoms with E-state index in [4.69, 9.17) is 15.3 Å². The van der Waals surface area contributed by atoms with Crippen LogP contribution in [-0.4, -0.2) is 39.5 Å². The fourth-order valence-electron chi connectivity index (χ4n) is 0.365. The van der Waals surface area contributed by atoms with Gasteiger partial charge in [-0.1, -0.05) is 6.58 Å². The minimum atomic E-state index is -0.690. The average Bonchev–Trinajstić information content (AvgIpc) is 1.87. The summed E-state index contributed by atoms with van der Waals surface area (Å²) in [6.45, 7) is 3.04. The van der Waals surface area contributed by atoms with Crippen LogP contribution < -0.4 is 0 Å². The van der Waals surface area contributed by atoms with E-state index in [1.165, 1.54) is 11.8 Å². The molecule has 0 heterocycles. The van der Waals surface area contributed by atoms with E-state index < -0.39 is 6.10 Å². The van der Waals surface area contributed by atoms with E-state index in [-0.39, 0.29) is 12.4 Å². The Bertz CT molecular complexity index is 105. The number of rotatable bonds is 5. The highest BCUT2D eigenvalue weighted by Crippen LogP contribution is 2.05. The standard InChI is InChI=1S/C6H12O3S/c1-5(8)3-10-4-6(9)2-7/h6-9H,1-4H2. The fraction of sp³-hybridized carbons (Fsp3) is 0.667. The quantitative estimate of drug-likeness (QED) is 0.506. The van der Waals surface area contributed by atoms with Gasteiger partial charge in [-0.15, -0.1) is 0 Å². The Morgan fingerprint density at radius 2 is 2.20 bits per heavy atom. The van der Waals surface area contributed by atoms with Crippen molar-refractivity contribution in [2.24, 2.45) is 0 Å². The van der Waals surface area contributed by atoms with E-state index in [9.17, 15) is 0 Å². The summed E-state index contributed by atoms with van der Waals surface area (Å²) >= 11 is 1.33. The van der Waals surface area contributed by atoms with Crippen molar-refractivity contribution in [3.8, 4) is 0 Å². The molecule has 0 spiro atoms. The third kappa shape index (κ3) is 5.94. The van der Waals surface area contributed by atoms with Crippen LogP contribution in [0.1, 0.15) is 0 Å². The molecule has 4 heteroatoms. The van der Waals surface area contributed by atoms with Gasteiger partial charge in [0.25, 0.3) is 0 Å². The molecular weight excluding hydrogens is 152 g/mol. The van der Waals surface area contributed by atoms with Crippen LogP contribution in [0.4, 0.5) is 0 Å². The minimum absolute atomic E-state index is 0.0927. The van der Waals surface area contributed by atoms with Crippen molar-refractivity contribution in [2.45, 2.75) is 6.10 Å². The van der Waals surface area contributed by atoms with E-state index in [0.29, 0.717) is 11.5 Å². The van der Waals surface area contributed by atoms with Crippen LogP contribution in [0, 0.1) is 0 Å². The summed E-state index contributed by atoms with van der Waals surface area (Å²) in [5, 5.41) is 25.7. The predicted molar refractivity (Wildman–Crippen MR) is 42.2 cm³/mol. The molecule has 0 fully saturated rings. The van der Waals surface area contributed by atoms with Crippen LogP contribution in [0.15, 0.2) is 12.3 Å². The first-order valence-electron chi connectivity index (χ1n) is 2.90. The fourth-order valence-corrected chi connectivity index (χ4v) is 1.10. The number of thioether (sulfide) groups is 1. The average molecular weight is 164 g/mol. The van der Waals surface area contributed by atoms with Crippen LogP contribution >= 0.6 is 11.8 Å². The molecule has 0 saturated heterocycles. The molecule has 0 aliphatic carbocycles. The van der Waals surface area contributed by atoms with Crippen molar-refractivity contribution in [1.29, 1.82) is 0 Å². The maximum Gasteiger partial charge on any atom is 0.0949 e. The van der Waals surface area contributed by atoms with Crippen molar-refractivity contribution in [3.63, 3.8) is 0 Å². The second-order valence-electron chi connectivity index (χ2n) is 1.92. The number of aliphatic hydroxyl groups is 3. The van der Waals surface area contributed by atoms with Crippen molar-refractivity contribution in [2.75, 3.05) is 18.1 Å². The maximum absolute atomic E-state index is 8.79. The molecule has 0 radical (unpaired) electrons. The third-order valence-corrected chi connectivity index (χ3v) is 1.95. The number of hydrogen-bond acceptors (Lipinski definition) is 4. The zero-order chi connectivity index (χ0) is 7.98. The van der Waals surface area contributed by atoms with E-state index >= 15 is 0 Å². The minimum Gasteiger partial charge on any atom is -0.512 e. The largest absolute Gasteiger partial charge is 0.512 e. The molecule has 0 rings (SSSR count). The molecular formula is C6H12O3S. The van der Waals surface area contributed by atoms with Crippen molar-refractivity contribution in [1.82, 2.24) is 0 Å². The first-order chi connectivity index (χ1) is 4.66. The van der Waals surface area contributed by atoms with Crippen LogP contribution in [0.2, 0.25) is 0 Å². The number of aliphatic hydroxyl groups excluding tert-OH is 3. The van der Waals surface area contributed by atoms with E-state index in [0.717, 1.165) is 0 Å². The smallest absolute Gasteiger partial charge is 0.0949 e. The SMILES string of the molecule is C=C(O)CSCC(O)CO. The Labute approximate surface area is 64.4 Å². The van der Waals surface area contributed by atoms with Gasteiger partial charge in [-0.05, 0) is 0 Å². The van der Waals surface area contributed by atoms with Crippen LogP contribution in [0.5, 0.6) is 0 Å². The van der Waals surface area contributed by atoms with Crippen LogP contribution in [-0.2, 0) is 0 Å². The summed E-state index contributed by atoms with van der Waals surface area (Å²) < 4.78 is 0. The Kier molecular flexibility index (Phi) is 5.48. The lowest BCUT2D eigenvalue weighted by Crippen LogP contribution is -2.15. The first kappa shape index (κ1) is 9.81. The lowest BCUT2D eigenvalue weighted by atomic mass is 10.4. The van der Waals surface area contributed by atoms with E-state index in [2.05, 4.69) is 6.58 Å². The third-order valence-electron chi connectivity index (χ3n) is 0.790. The van der Waals surface area contributed by atoms with Gasteiger partial charge in [-0.25, -0.2) is 0 Å². The monoisotopic (exact) mass is 164 g/mol. The zero-order valence-electron chi connectivity index (χ0n) is 5.66. The lowest BCUT2D eigenvalue weighted by Gasteiger charge is -2.04. The summed E-state index contributed by atoms with van der Waals surface area (Å²) in [7, 11) is 0. The highest BCUT2D eigenvalue weighted by Gasteiger charge is 2.00. The maximum atomic E-state index is 8.79. The van der Waals surface area contributed by atoms with Gasteiger partial charge >= 0.3 is 0 Å². The molecule has 0 aliphatic rings. The molecule has 3 N–H and O–H groups in total. The van der Waals surface area contributed by atoms with Gasteiger partial charge in [0.2, 0.25) is 0 Å². The van der Waals surface area contributed by atoms with Gasteiger partial charge in [0.15, 0.2) is 0 Å². The molecule has 0 aliphatic heterocycles. The Balaban J connectivity index is 3.11. The molecule has 0 amide bonds. The summed E-state index contributed by atoms with van der Waals surface area (Å²) in [5.74, 6) is 0.933. The van der Waals surface area contributed by atoms with Gasteiger partial charge in [0.1, 0.15) is 0 Å². The normalized spacial score (nSPS) is 13.0. The van der Waals surface area contributed by atoms with Gasteiger partial charge in [-0.3, -0.25) is 0 Å². The summed E-state index contributed by atoms with van der Waals surface area (Å²) in [6, 6.07) is 0. The van der Waals surface area contributed by atoms with Crippen molar-refractivity contribution in [3.05, 3.63) is 12.3 Å². The van der Waals surface area contributed by atoms with Gasteiger partial charge < -0.3 is 15.3 Å². The lowest BCUT2D eigenvalue weighted by molar-refractivity contribution is 0.113. The van der Waals surface area contributed by atoms with Crippen molar-refractivity contribution >= 4 is 11.8 Å². The van der Waals surface area contributed by atoms with Crippen molar-refractivity contribution < 1.29 is 15.3 Å². The topological polar surface area (TPSA) is 60.7 Å². The number of hydrogen-bond donors (Lipinski definition) is 3. The molecule has 0 aromatic heterocycles. The molecule has 0 aromatic carbocycles. The van der Waals surface area contributed by atoms with Crippen LogP contribution in [0.25, 0.3) is 0 Å². The molecule has 60 valence electrons. The summed E-state index contributed by atoms with van der Waals surface area (Å²) in [6.07, 6.45) is -0.690. The molecule has 1 unspecified atom stereocenters.